The van der Waals surface area contributed by atoms with Gasteiger partial charge >= 0.3 is 0 Å². The summed E-state index contributed by atoms with van der Waals surface area (Å²) >= 11 is 8.21. The number of benzene rings is 1. The normalized spacial score (nSPS) is 16.4. The summed E-state index contributed by atoms with van der Waals surface area (Å²) in [6.07, 6.45) is 4.78. The molecule has 4 heteroatoms. The monoisotopic (exact) mass is 360 g/mol. The summed E-state index contributed by atoms with van der Waals surface area (Å²) < 4.78 is 3.66. The van der Waals surface area contributed by atoms with Gasteiger partial charge in [0, 0.05) is 21.9 Å². The van der Waals surface area contributed by atoms with Crippen LogP contribution in [0.2, 0.25) is 0 Å². The first-order valence-electron chi connectivity index (χ1n) is 6.02. The third-order valence-corrected chi connectivity index (χ3v) is 4.34. The summed E-state index contributed by atoms with van der Waals surface area (Å²) in [5, 5.41) is 0. The van der Waals surface area contributed by atoms with Crippen molar-refractivity contribution in [2.75, 3.05) is 5.88 Å². The Hall–Kier alpha value is -0.290. The van der Waals surface area contributed by atoms with E-state index in [1.165, 1.54) is 28.3 Å². The lowest BCUT2D eigenvalue weighted by Crippen LogP contribution is -2.19. The van der Waals surface area contributed by atoms with Gasteiger partial charge in [-0.1, -0.05) is 0 Å². The number of fused-ring (bicyclic) bond motifs is 1. The van der Waals surface area contributed by atoms with Crippen LogP contribution in [0.1, 0.15) is 31.1 Å². The summed E-state index contributed by atoms with van der Waals surface area (Å²) in [7, 11) is 0. The van der Waals surface area contributed by atoms with Crippen LogP contribution >= 0.6 is 34.2 Å². The van der Waals surface area contributed by atoms with Crippen LogP contribution in [0.3, 0.4) is 0 Å². The number of aryl methyl sites for hydroxylation is 1. The van der Waals surface area contributed by atoms with Crippen molar-refractivity contribution in [3.05, 3.63) is 27.6 Å². The van der Waals surface area contributed by atoms with Gasteiger partial charge < -0.3 is 4.57 Å². The third kappa shape index (κ3) is 2.08. The first kappa shape index (κ1) is 11.8. The fourth-order valence-corrected chi connectivity index (χ4v) is 3.08. The Kier molecular flexibility index (Phi) is 3.30. The van der Waals surface area contributed by atoms with Gasteiger partial charge in [-0.2, -0.15) is 0 Å². The van der Waals surface area contributed by atoms with Crippen molar-refractivity contribution in [2.45, 2.75) is 31.7 Å². The Bertz CT molecular complexity index is 546. The number of rotatable bonds is 3. The van der Waals surface area contributed by atoms with E-state index in [1.807, 2.05) is 0 Å². The molecule has 0 saturated heterocycles. The minimum Gasteiger partial charge on any atom is -0.325 e. The standard InChI is InChI=1S/C13H14ClIN2/c14-7-6-13-16-11-8-9(15)4-5-12(11)17(13)10-2-1-3-10/h4-5,8,10H,1-3,6-7H2. The molecule has 2 nitrogen and oxygen atoms in total. The zero-order valence-corrected chi connectivity index (χ0v) is 12.4. The molecule has 17 heavy (non-hydrogen) atoms. The molecule has 1 fully saturated rings. The van der Waals surface area contributed by atoms with Crippen LogP contribution < -0.4 is 0 Å². The van der Waals surface area contributed by atoms with Crippen molar-refractivity contribution < 1.29 is 0 Å². The molecule has 90 valence electrons. The van der Waals surface area contributed by atoms with Gasteiger partial charge in [0.25, 0.3) is 0 Å². The van der Waals surface area contributed by atoms with E-state index >= 15 is 0 Å². The van der Waals surface area contributed by atoms with Crippen LogP contribution in [-0.4, -0.2) is 15.4 Å². The Balaban J connectivity index is 2.16. The summed E-state index contributed by atoms with van der Waals surface area (Å²) in [5.74, 6) is 1.80. The molecule has 1 aromatic heterocycles. The molecule has 0 bridgehead atoms. The van der Waals surface area contributed by atoms with Crippen LogP contribution in [0.4, 0.5) is 0 Å². The maximum Gasteiger partial charge on any atom is 0.111 e. The molecule has 1 heterocycles. The molecule has 0 amide bonds. The quantitative estimate of drug-likeness (QED) is 0.594. The molecule has 0 unspecified atom stereocenters. The van der Waals surface area contributed by atoms with Crippen LogP contribution in [0.15, 0.2) is 18.2 Å². The van der Waals surface area contributed by atoms with Crippen molar-refractivity contribution in [1.29, 1.82) is 0 Å². The van der Waals surface area contributed by atoms with Gasteiger partial charge in [-0.25, -0.2) is 4.98 Å². The van der Waals surface area contributed by atoms with E-state index in [-0.39, 0.29) is 0 Å². The predicted molar refractivity (Wildman–Crippen MR) is 79.8 cm³/mol. The van der Waals surface area contributed by atoms with Crippen molar-refractivity contribution in [2.24, 2.45) is 0 Å². The average Bonchev–Trinajstić information content (AvgIpc) is 2.55. The van der Waals surface area contributed by atoms with Crippen LogP contribution in [0.25, 0.3) is 11.0 Å². The van der Waals surface area contributed by atoms with E-state index in [1.54, 1.807) is 0 Å². The lowest BCUT2D eigenvalue weighted by molar-refractivity contribution is 0.314. The maximum absolute atomic E-state index is 5.88. The van der Waals surface area contributed by atoms with Crippen molar-refractivity contribution >= 4 is 45.2 Å². The highest BCUT2D eigenvalue weighted by Crippen LogP contribution is 2.35. The highest BCUT2D eigenvalue weighted by atomic mass is 127. The SMILES string of the molecule is ClCCc1nc2cc(I)ccc2n1C1CCC1. The second-order valence-corrected chi connectivity index (χ2v) is 6.18. The number of hydrogen-bond acceptors (Lipinski definition) is 1. The summed E-state index contributed by atoms with van der Waals surface area (Å²) in [6.45, 7) is 0. The molecule has 0 atom stereocenters. The number of imidazole rings is 1. The smallest absolute Gasteiger partial charge is 0.111 e. The molecule has 3 rings (SSSR count). The van der Waals surface area contributed by atoms with Gasteiger partial charge in [-0.3, -0.25) is 0 Å². The van der Waals surface area contributed by atoms with Crippen LogP contribution in [0.5, 0.6) is 0 Å². The van der Waals surface area contributed by atoms with E-state index < -0.39 is 0 Å². The molecule has 0 spiro atoms. The Morgan fingerprint density at radius 3 is 2.88 bits per heavy atom. The Morgan fingerprint density at radius 2 is 2.24 bits per heavy atom. The van der Waals surface area contributed by atoms with Crippen molar-refractivity contribution in [3.63, 3.8) is 0 Å². The molecule has 0 N–H and O–H groups in total. The van der Waals surface area contributed by atoms with Gasteiger partial charge in [0.05, 0.1) is 11.0 Å². The van der Waals surface area contributed by atoms with E-state index in [9.17, 15) is 0 Å². The zero-order chi connectivity index (χ0) is 11.8. The van der Waals surface area contributed by atoms with E-state index in [2.05, 4.69) is 45.4 Å². The molecule has 0 radical (unpaired) electrons. The van der Waals surface area contributed by atoms with Gasteiger partial charge in [-0.05, 0) is 60.1 Å². The van der Waals surface area contributed by atoms with Gasteiger partial charge in [-0.15, -0.1) is 11.6 Å². The van der Waals surface area contributed by atoms with E-state index in [0.717, 1.165) is 17.8 Å². The van der Waals surface area contributed by atoms with Crippen molar-refractivity contribution in [1.82, 2.24) is 9.55 Å². The lowest BCUT2D eigenvalue weighted by Gasteiger charge is -2.29. The molecular weight excluding hydrogens is 347 g/mol. The summed E-state index contributed by atoms with van der Waals surface area (Å²) in [5.41, 5.74) is 2.39. The second-order valence-electron chi connectivity index (χ2n) is 4.55. The van der Waals surface area contributed by atoms with Crippen LogP contribution in [-0.2, 0) is 6.42 Å². The van der Waals surface area contributed by atoms with Crippen molar-refractivity contribution in [3.8, 4) is 0 Å². The molecule has 2 aromatic rings. The Labute approximate surface area is 120 Å². The minimum atomic E-state index is 0.646. The average molecular weight is 361 g/mol. The molecule has 1 aliphatic rings. The van der Waals surface area contributed by atoms with Gasteiger partial charge in [0.1, 0.15) is 5.82 Å². The van der Waals surface area contributed by atoms with E-state index in [0.29, 0.717) is 11.9 Å². The fraction of sp³-hybridized carbons (Fsp3) is 0.462. The summed E-state index contributed by atoms with van der Waals surface area (Å²) in [6, 6.07) is 7.16. The number of alkyl halides is 1. The highest BCUT2D eigenvalue weighted by Gasteiger charge is 2.24. The molecule has 0 aliphatic heterocycles. The topological polar surface area (TPSA) is 17.8 Å². The third-order valence-electron chi connectivity index (χ3n) is 3.48. The predicted octanol–water partition coefficient (Wildman–Crippen LogP) is 4.15. The first-order chi connectivity index (χ1) is 8.29. The molecular formula is C13H14ClIN2. The number of nitrogens with zero attached hydrogens (tertiary/aromatic N) is 2. The number of halogens is 2. The minimum absolute atomic E-state index is 0.646. The fourth-order valence-electron chi connectivity index (χ4n) is 2.44. The zero-order valence-electron chi connectivity index (χ0n) is 9.50. The largest absolute Gasteiger partial charge is 0.325 e. The molecule has 1 aliphatic carbocycles. The number of aromatic nitrogens is 2. The second kappa shape index (κ2) is 4.76. The highest BCUT2D eigenvalue weighted by molar-refractivity contribution is 14.1. The van der Waals surface area contributed by atoms with E-state index in [4.69, 9.17) is 16.6 Å². The van der Waals surface area contributed by atoms with Crippen LogP contribution in [0, 0.1) is 3.57 Å². The van der Waals surface area contributed by atoms with Gasteiger partial charge in [0.15, 0.2) is 0 Å². The first-order valence-corrected chi connectivity index (χ1v) is 7.63. The lowest BCUT2D eigenvalue weighted by atomic mass is 9.92. The molecule has 1 saturated carbocycles. The Morgan fingerprint density at radius 1 is 1.41 bits per heavy atom. The summed E-state index contributed by atoms with van der Waals surface area (Å²) in [4.78, 5) is 4.74. The van der Waals surface area contributed by atoms with Gasteiger partial charge in [0.2, 0.25) is 0 Å². The maximum atomic E-state index is 5.88. The molecule has 1 aromatic carbocycles. The number of hydrogen-bond donors (Lipinski definition) is 0.